The Morgan fingerprint density at radius 2 is 2.09 bits per heavy atom. The number of nitrogens with one attached hydrogen (secondary N) is 2. The van der Waals surface area contributed by atoms with Gasteiger partial charge in [0.15, 0.2) is 0 Å². The highest BCUT2D eigenvalue weighted by molar-refractivity contribution is 7.17. The highest BCUT2D eigenvalue weighted by Crippen LogP contribution is 2.34. The van der Waals surface area contributed by atoms with Crippen molar-refractivity contribution in [2.24, 2.45) is 11.8 Å². The van der Waals surface area contributed by atoms with Gasteiger partial charge in [0.05, 0.1) is 18.5 Å². The second-order valence-electron chi connectivity index (χ2n) is 9.61. The normalized spacial score (nSPS) is 23.1. The molecule has 34 heavy (non-hydrogen) atoms. The SMILES string of the molecule is COc1cccc(-c2csc3c(=O)[nH]c(N4CCC[C@H](C(=O)N[C@@H]5CCCC[C@@H]5C)C4)nc23)c1. The number of hydrogen-bond acceptors (Lipinski definition) is 6. The van der Waals surface area contributed by atoms with E-state index in [0.717, 1.165) is 42.7 Å². The number of benzene rings is 1. The molecule has 1 aliphatic carbocycles. The minimum absolute atomic E-state index is 0.0933. The summed E-state index contributed by atoms with van der Waals surface area (Å²) >= 11 is 1.40. The Hall–Kier alpha value is -2.87. The van der Waals surface area contributed by atoms with Crippen LogP contribution in [0.4, 0.5) is 5.95 Å². The van der Waals surface area contributed by atoms with E-state index in [1.165, 1.54) is 30.6 Å². The summed E-state index contributed by atoms with van der Waals surface area (Å²) in [4.78, 5) is 35.9. The molecule has 2 N–H and O–H groups in total. The minimum Gasteiger partial charge on any atom is -0.497 e. The van der Waals surface area contributed by atoms with Crippen LogP contribution in [0.2, 0.25) is 0 Å². The molecule has 2 aromatic heterocycles. The van der Waals surface area contributed by atoms with Gasteiger partial charge in [-0.1, -0.05) is 31.9 Å². The summed E-state index contributed by atoms with van der Waals surface area (Å²) in [7, 11) is 1.64. The van der Waals surface area contributed by atoms with Gasteiger partial charge in [0.1, 0.15) is 10.4 Å². The fraction of sp³-hybridized carbons (Fsp3) is 0.500. The standard InChI is InChI=1S/C26H32N4O3S/c1-16-7-3-4-11-21(16)27-24(31)18-9-6-12-30(14-18)26-28-22-20(15-34-23(22)25(32)29-26)17-8-5-10-19(13-17)33-2/h5,8,10,13,15-16,18,21H,3-4,6-7,9,11-12,14H2,1-2H3,(H,27,31)(H,28,29,32)/t16-,18-,21+/m0/s1. The van der Waals surface area contributed by atoms with E-state index >= 15 is 0 Å². The molecule has 180 valence electrons. The van der Waals surface area contributed by atoms with E-state index in [-0.39, 0.29) is 23.4 Å². The van der Waals surface area contributed by atoms with Crippen molar-refractivity contribution in [2.75, 3.05) is 25.1 Å². The maximum atomic E-state index is 13.1. The van der Waals surface area contributed by atoms with Crippen LogP contribution < -0.4 is 20.5 Å². The van der Waals surface area contributed by atoms with Gasteiger partial charge in [0, 0.05) is 30.1 Å². The molecule has 5 rings (SSSR count). The van der Waals surface area contributed by atoms with E-state index in [1.54, 1.807) is 7.11 Å². The lowest BCUT2D eigenvalue weighted by atomic mass is 9.85. The average molecular weight is 481 g/mol. The van der Waals surface area contributed by atoms with Gasteiger partial charge in [0.2, 0.25) is 11.9 Å². The van der Waals surface area contributed by atoms with Crippen LogP contribution in [0.3, 0.4) is 0 Å². The first kappa shape index (κ1) is 22.9. The maximum Gasteiger partial charge on any atom is 0.270 e. The van der Waals surface area contributed by atoms with Crippen LogP contribution in [0.15, 0.2) is 34.4 Å². The monoisotopic (exact) mass is 480 g/mol. The number of rotatable bonds is 5. The molecular formula is C26H32N4O3S. The fourth-order valence-corrected chi connectivity index (χ4v) is 6.18. The van der Waals surface area contributed by atoms with Crippen LogP contribution in [0.25, 0.3) is 21.3 Å². The molecular weight excluding hydrogens is 448 g/mol. The lowest BCUT2D eigenvalue weighted by Crippen LogP contribution is -2.48. The second-order valence-corrected chi connectivity index (χ2v) is 10.5. The van der Waals surface area contributed by atoms with E-state index in [0.29, 0.717) is 28.6 Å². The number of nitrogens with zero attached hydrogens (tertiary/aromatic N) is 2. The molecule has 8 heteroatoms. The van der Waals surface area contributed by atoms with E-state index in [4.69, 9.17) is 9.72 Å². The van der Waals surface area contributed by atoms with Crippen molar-refractivity contribution >= 4 is 33.4 Å². The van der Waals surface area contributed by atoms with Crippen LogP contribution >= 0.6 is 11.3 Å². The number of hydrogen-bond donors (Lipinski definition) is 2. The number of thiophene rings is 1. The van der Waals surface area contributed by atoms with Crippen molar-refractivity contribution in [1.82, 2.24) is 15.3 Å². The van der Waals surface area contributed by atoms with Gasteiger partial charge in [-0.3, -0.25) is 14.6 Å². The van der Waals surface area contributed by atoms with Gasteiger partial charge >= 0.3 is 0 Å². The number of methoxy groups -OCH3 is 1. The summed E-state index contributed by atoms with van der Waals surface area (Å²) < 4.78 is 5.98. The number of fused-ring (bicyclic) bond motifs is 1. The van der Waals surface area contributed by atoms with Gasteiger partial charge in [-0.25, -0.2) is 4.98 Å². The van der Waals surface area contributed by atoms with Crippen LogP contribution in [0.1, 0.15) is 45.4 Å². The zero-order chi connectivity index (χ0) is 23.7. The Balaban J connectivity index is 1.39. The van der Waals surface area contributed by atoms with Crippen molar-refractivity contribution in [3.05, 3.63) is 40.0 Å². The molecule has 1 saturated heterocycles. The van der Waals surface area contributed by atoms with Crippen LogP contribution in [-0.2, 0) is 4.79 Å². The Bertz CT molecular complexity index is 1240. The van der Waals surface area contributed by atoms with Gasteiger partial charge in [-0.15, -0.1) is 11.3 Å². The predicted molar refractivity (Wildman–Crippen MR) is 137 cm³/mol. The van der Waals surface area contributed by atoms with E-state index in [9.17, 15) is 9.59 Å². The van der Waals surface area contributed by atoms with Crippen molar-refractivity contribution in [2.45, 2.75) is 51.5 Å². The van der Waals surface area contributed by atoms with Crippen molar-refractivity contribution in [3.8, 4) is 16.9 Å². The molecule has 0 radical (unpaired) electrons. The first-order valence-electron chi connectivity index (χ1n) is 12.2. The number of carbonyl (C=O) groups is 1. The Morgan fingerprint density at radius 3 is 2.91 bits per heavy atom. The Kier molecular flexibility index (Phi) is 6.59. The lowest BCUT2D eigenvalue weighted by molar-refractivity contribution is -0.126. The lowest BCUT2D eigenvalue weighted by Gasteiger charge is -2.35. The van der Waals surface area contributed by atoms with E-state index < -0.39 is 0 Å². The third-order valence-corrected chi connectivity index (χ3v) is 8.29. The summed E-state index contributed by atoms with van der Waals surface area (Å²) in [6.45, 7) is 3.58. The maximum absolute atomic E-state index is 13.1. The van der Waals surface area contributed by atoms with Gasteiger partial charge < -0.3 is 15.0 Å². The minimum atomic E-state index is -0.137. The van der Waals surface area contributed by atoms with Crippen LogP contribution in [0.5, 0.6) is 5.75 Å². The van der Waals surface area contributed by atoms with Gasteiger partial charge in [-0.05, 0) is 49.3 Å². The van der Waals surface area contributed by atoms with E-state index in [2.05, 4.69) is 22.1 Å². The average Bonchev–Trinajstić information content (AvgIpc) is 3.30. The van der Waals surface area contributed by atoms with E-state index in [1.807, 2.05) is 29.6 Å². The molecule has 7 nitrogen and oxygen atoms in total. The Labute approximate surface area is 203 Å². The first-order valence-corrected chi connectivity index (χ1v) is 13.1. The highest BCUT2D eigenvalue weighted by Gasteiger charge is 2.30. The van der Waals surface area contributed by atoms with Crippen LogP contribution in [0, 0.1) is 11.8 Å². The highest BCUT2D eigenvalue weighted by atomic mass is 32.1. The number of piperidine rings is 1. The zero-order valence-corrected chi connectivity index (χ0v) is 20.6. The third kappa shape index (κ3) is 4.56. The molecule has 2 aliphatic rings. The number of carbonyl (C=O) groups excluding carboxylic acids is 1. The molecule has 1 amide bonds. The molecule has 0 spiro atoms. The topological polar surface area (TPSA) is 87.3 Å². The molecule has 1 saturated carbocycles. The molecule has 1 aliphatic heterocycles. The molecule has 3 atom stereocenters. The number of anilines is 1. The first-order chi connectivity index (χ1) is 16.5. The summed E-state index contributed by atoms with van der Waals surface area (Å²) in [6.07, 6.45) is 6.46. The van der Waals surface area contributed by atoms with Crippen LogP contribution in [-0.4, -0.2) is 42.1 Å². The quantitative estimate of drug-likeness (QED) is 0.559. The third-order valence-electron chi connectivity index (χ3n) is 7.33. The zero-order valence-electron chi connectivity index (χ0n) is 19.8. The second kappa shape index (κ2) is 9.78. The number of H-pyrrole nitrogens is 1. The number of aromatic nitrogens is 2. The summed E-state index contributed by atoms with van der Waals surface area (Å²) in [5.74, 6) is 1.89. The molecule has 3 aromatic rings. The van der Waals surface area contributed by atoms with Crippen molar-refractivity contribution < 1.29 is 9.53 Å². The fourth-order valence-electron chi connectivity index (χ4n) is 5.28. The predicted octanol–water partition coefficient (Wildman–Crippen LogP) is 4.57. The number of aromatic amines is 1. The largest absolute Gasteiger partial charge is 0.497 e. The molecule has 1 aromatic carbocycles. The smallest absolute Gasteiger partial charge is 0.270 e. The molecule has 2 fully saturated rings. The number of ether oxygens (including phenoxy) is 1. The Morgan fingerprint density at radius 1 is 1.24 bits per heavy atom. The van der Waals surface area contributed by atoms with Crippen molar-refractivity contribution in [3.63, 3.8) is 0 Å². The molecule has 0 unspecified atom stereocenters. The van der Waals surface area contributed by atoms with Crippen molar-refractivity contribution in [1.29, 1.82) is 0 Å². The number of amides is 1. The summed E-state index contributed by atoms with van der Waals surface area (Å²) in [6, 6.07) is 8.07. The summed E-state index contributed by atoms with van der Waals surface area (Å²) in [5, 5.41) is 5.30. The summed E-state index contributed by atoms with van der Waals surface area (Å²) in [5.41, 5.74) is 2.44. The van der Waals surface area contributed by atoms with Gasteiger partial charge in [0.25, 0.3) is 5.56 Å². The van der Waals surface area contributed by atoms with Gasteiger partial charge in [-0.2, -0.15) is 0 Å². The molecule has 3 heterocycles. The molecule has 0 bridgehead atoms.